The van der Waals surface area contributed by atoms with Crippen molar-refractivity contribution in [3.8, 4) is 5.75 Å². The number of rotatable bonds is 9. The maximum atomic E-state index is 12.8. The number of nitrogens with zero attached hydrogens (tertiary/aromatic N) is 2. The van der Waals surface area contributed by atoms with E-state index in [1.807, 2.05) is 30.3 Å². The zero-order valence-electron chi connectivity index (χ0n) is 18.1. The minimum atomic E-state index is -3.71. The largest absolute Gasteiger partial charge is 0.477 e. The maximum absolute atomic E-state index is 12.8. The topological polar surface area (TPSA) is 119 Å². The van der Waals surface area contributed by atoms with Crippen molar-refractivity contribution in [1.82, 2.24) is 4.31 Å². The number of nitrogens with one attached hydrogen (secondary N) is 1. The molecule has 0 saturated heterocycles. The number of sulfonamides is 1. The van der Waals surface area contributed by atoms with Gasteiger partial charge < -0.3 is 10.1 Å². The van der Waals surface area contributed by atoms with E-state index in [0.717, 1.165) is 11.1 Å². The summed E-state index contributed by atoms with van der Waals surface area (Å²) in [7, 11) is -2.21. The SMILES string of the molecule is Cc1ccc([N+](=O)[O-])c(OCC(=O)Nc2ccc(S(=O)(=O)N(C)Cc3ccccc3)cc2)c1. The molecule has 1 amide bonds. The lowest BCUT2D eigenvalue weighted by molar-refractivity contribution is -0.385. The summed E-state index contributed by atoms with van der Waals surface area (Å²) in [5.41, 5.74) is 1.75. The van der Waals surface area contributed by atoms with Crippen LogP contribution in [0, 0.1) is 17.0 Å². The molecular weight excluding hydrogens is 446 g/mol. The fourth-order valence-electron chi connectivity index (χ4n) is 3.04. The molecule has 0 bridgehead atoms. The molecule has 9 nitrogen and oxygen atoms in total. The summed E-state index contributed by atoms with van der Waals surface area (Å²) in [6.45, 7) is 1.54. The van der Waals surface area contributed by atoms with E-state index in [-0.39, 0.29) is 22.9 Å². The number of hydrogen-bond donors (Lipinski definition) is 1. The first kappa shape index (κ1) is 23.9. The molecule has 1 N–H and O–H groups in total. The molecule has 0 aliphatic carbocycles. The summed E-state index contributed by atoms with van der Waals surface area (Å²) in [6, 6.07) is 19.4. The number of nitro groups is 1. The highest BCUT2D eigenvalue weighted by Crippen LogP contribution is 2.27. The van der Waals surface area contributed by atoms with Gasteiger partial charge in [-0.3, -0.25) is 14.9 Å². The molecule has 0 radical (unpaired) electrons. The lowest BCUT2D eigenvalue weighted by atomic mass is 10.2. The molecule has 0 fully saturated rings. The van der Waals surface area contributed by atoms with Crippen molar-refractivity contribution in [3.63, 3.8) is 0 Å². The zero-order valence-corrected chi connectivity index (χ0v) is 18.9. The smallest absolute Gasteiger partial charge is 0.310 e. The predicted octanol–water partition coefficient (Wildman–Crippen LogP) is 3.74. The normalized spacial score (nSPS) is 11.2. The third-order valence-corrected chi connectivity index (χ3v) is 6.58. The Hall–Kier alpha value is -3.76. The summed E-state index contributed by atoms with van der Waals surface area (Å²) in [5.74, 6) is -0.541. The van der Waals surface area contributed by atoms with Crippen molar-refractivity contribution in [1.29, 1.82) is 0 Å². The van der Waals surface area contributed by atoms with Gasteiger partial charge in [0.25, 0.3) is 5.91 Å². The number of carbonyl (C=O) groups excluding carboxylic acids is 1. The van der Waals surface area contributed by atoms with Gasteiger partial charge in [0.2, 0.25) is 10.0 Å². The second-order valence-corrected chi connectivity index (χ2v) is 9.38. The molecule has 0 aromatic heterocycles. The van der Waals surface area contributed by atoms with Crippen LogP contribution in [0.15, 0.2) is 77.7 Å². The van der Waals surface area contributed by atoms with Crippen LogP contribution in [0.2, 0.25) is 0 Å². The lowest BCUT2D eigenvalue weighted by Crippen LogP contribution is -2.26. The number of aryl methyl sites for hydroxylation is 1. The Morgan fingerprint density at radius 3 is 2.36 bits per heavy atom. The molecule has 0 spiro atoms. The van der Waals surface area contributed by atoms with E-state index in [1.165, 1.54) is 47.8 Å². The highest BCUT2D eigenvalue weighted by Gasteiger charge is 2.21. The Bertz CT molecular complexity index is 1240. The van der Waals surface area contributed by atoms with Crippen molar-refractivity contribution in [2.24, 2.45) is 0 Å². The number of nitro benzene ring substituents is 1. The number of carbonyl (C=O) groups is 1. The van der Waals surface area contributed by atoms with Crippen LogP contribution in [-0.2, 0) is 21.4 Å². The van der Waals surface area contributed by atoms with E-state index in [4.69, 9.17) is 4.74 Å². The zero-order chi connectivity index (χ0) is 24.0. The monoisotopic (exact) mass is 469 g/mol. The number of anilines is 1. The van der Waals surface area contributed by atoms with E-state index in [0.29, 0.717) is 5.69 Å². The van der Waals surface area contributed by atoms with Crippen LogP contribution < -0.4 is 10.1 Å². The molecule has 0 unspecified atom stereocenters. The first-order valence-electron chi connectivity index (χ1n) is 9.95. The van der Waals surface area contributed by atoms with E-state index < -0.39 is 27.5 Å². The summed E-state index contributed by atoms with van der Waals surface area (Å²) >= 11 is 0. The molecule has 3 rings (SSSR count). The van der Waals surface area contributed by atoms with Gasteiger partial charge in [0.05, 0.1) is 9.82 Å². The Labute approximate surface area is 191 Å². The lowest BCUT2D eigenvalue weighted by Gasteiger charge is -2.17. The third kappa shape index (κ3) is 6.15. The van der Waals surface area contributed by atoms with E-state index >= 15 is 0 Å². The quantitative estimate of drug-likeness (QED) is 0.377. The van der Waals surface area contributed by atoms with Crippen molar-refractivity contribution in [2.45, 2.75) is 18.4 Å². The summed E-state index contributed by atoms with van der Waals surface area (Å²) in [6.07, 6.45) is 0. The maximum Gasteiger partial charge on any atom is 0.310 e. The van der Waals surface area contributed by atoms with E-state index in [9.17, 15) is 23.3 Å². The molecular formula is C23H23N3O6S. The number of benzene rings is 3. The molecule has 33 heavy (non-hydrogen) atoms. The average Bonchev–Trinajstić information content (AvgIpc) is 2.78. The first-order valence-corrected chi connectivity index (χ1v) is 11.4. The molecule has 172 valence electrons. The van der Waals surface area contributed by atoms with Crippen LogP contribution in [0.4, 0.5) is 11.4 Å². The fraction of sp³-hybridized carbons (Fsp3) is 0.174. The van der Waals surface area contributed by atoms with Crippen LogP contribution in [0.3, 0.4) is 0 Å². The van der Waals surface area contributed by atoms with Crippen LogP contribution in [0.5, 0.6) is 5.75 Å². The highest BCUT2D eigenvalue weighted by molar-refractivity contribution is 7.89. The van der Waals surface area contributed by atoms with Crippen LogP contribution in [0.1, 0.15) is 11.1 Å². The van der Waals surface area contributed by atoms with Gasteiger partial charge in [-0.1, -0.05) is 36.4 Å². The van der Waals surface area contributed by atoms with Gasteiger partial charge in [0.15, 0.2) is 12.4 Å². The van der Waals surface area contributed by atoms with Crippen molar-refractivity contribution in [3.05, 3.63) is 94.0 Å². The molecule has 3 aromatic rings. The molecule has 3 aromatic carbocycles. The Morgan fingerprint density at radius 1 is 1.06 bits per heavy atom. The molecule has 0 saturated carbocycles. The van der Waals surface area contributed by atoms with Gasteiger partial charge in [-0.2, -0.15) is 4.31 Å². The second-order valence-electron chi connectivity index (χ2n) is 7.34. The van der Waals surface area contributed by atoms with Crippen molar-refractivity contribution >= 4 is 27.3 Å². The van der Waals surface area contributed by atoms with Gasteiger partial charge in [0.1, 0.15) is 0 Å². The minimum Gasteiger partial charge on any atom is -0.477 e. The van der Waals surface area contributed by atoms with E-state index in [2.05, 4.69) is 5.32 Å². The van der Waals surface area contributed by atoms with Gasteiger partial charge in [-0.15, -0.1) is 0 Å². The van der Waals surface area contributed by atoms with Gasteiger partial charge in [-0.05, 0) is 48.4 Å². The van der Waals surface area contributed by atoms with Gasteiger partial charge in [-0.25, -0.2) is 8.42 Å². The second kappa shape index (κ2) is 10.2. The third-order valence-electron chi connectivity index (χ3n) is 4.77. The molecule has 0 aliphatic rings. The summed E-state index contributed by atoms with van der Waals surface area (Å²) < 4.78 is 32.2. The van der Waals surface area contributed by atoms with Crippen LogP contribution in [0.25, 0.3) is 0 Å². The van der Waals surface area contributed by atoms with Crippen LogP contribution >= 0.6 is 0 Å². The Morgan fingerprint density at radius 2 is 1.73 bits per heavy atom. The Balaban J connectivity index is 1.62. The van der Waals surface area contributed by atoms with Gasteiger partial charge in [0, 0.05) is 25.3 Å². The number of amides is 1. The first-order chi connectivity index (χ1) is 15.7. The molecule has 0 heterocycles. The predicted molar refractivity (Wildman–Crippen MR) is 123 cm³/mol. The molecule has 0 atom stereocenters. The minimum absolute atomic E-state index is 0.00181. The summed E-state index contributed by atoms with van der Waals surface area (Å²) in [4.78, 5) is 22.8. The van der Waals surface area contributed by atoms with Crippen LogP contribution in [-0.4, -0.2) is 37.2 Å². The number of ether oxygens (including phenoxy) is 1. The Kier molecular flexibility index (Phi) is 7.41. The van der Waals surface area contributed by atoms with Gasteiger partial charge >= 0.3 is 5.69 Å². The average molecular weight is 470 g/mol. The highest BCUT2D eigenvalue weighted by atomic mass is 32.2. The van der Waals surface area contributed by atoms with Crippen molar-refractivity contribution in [2.75, 3.05) is 19.0 Å². The standard InChI is InChI=1S/C23H23N3O6S/c1-17-8-13-21(26(28)29)22(14-17)32-16-23(27)24-19-9-11-20(12-10-19)33(30,31)25(2)15-18-6-4-3-5-7-18/h3-14H,15-16H2,1-2H3,(H,24,27). The summed E-state index contributed by atoms with van der Waals surface area (Å²) in [5, 5.41) is 13.7. The van der Waals surface area contributed by atoms with E-state index in [1.54, 1.807) is 13.0 Å². The fourth-order valence-corrected chi connectivity index (χ4v) is 4.20. The molecule has 10 heteroatoms. The van der Waals surface area contributed by atoms with Crippen molar-refractivity contribution < 1.29 is 22.9 Å². The number of hydrogen-bond acceptors (Lipinski definition) is 6. The molecule has 0 aliphatic heterocycles.